The molecule has 1 aliphatic heterocycles. The van der Waals surface area contributed by atoms with Crippen molar-refractivity contribution < 1.29 is 23.1 Å². The Bertz CT molecular complexity index is 885. The summed E-state index contributed by atoms with van der Waals surface area (Å²) in [4.78, 5) is 26.4. The summed E-state index contributed by atoms with van der Waals surface area (Å²) >= 11 is 0. The van der Waals surface area contributed by atoms with Gasteiger partial charge in [-0.15, -0.1) is 0 Å². The fourth-order valence-corrected chi connectivity index (χ4v) is 3.59. The van der Waals surface area contributed by atoms with Gasteiger partial charge in [0.15, 0.2) is 0 Å². The van der Waals surface area contributed by atoms with E-state index in [1.165, 1.54) is 13.2 Å². The lowest BCUT2D eigenvalue weighted by atomic mass is 9.95. The molecule has 1 amide bonds. The van der Waals surface area contributed by atoms with E-state index < -0.39 is 5.97 Å². The van der Waals surface area contributed by atoms with Crippen LogP contribution in [-0.4, -0.2) is 37.0 Å². The Kier molecular flexibility index (Phi) is 6.69. The first-order valence-electron chi connectivity index (χ1n) is 9.80. The number of nitrogens with zero attached hydrogens (tertiary/aromatic N) is 1. The maximum Gasteiger partial charge on any atom is 0.341 e. The van der Waals surface area contributed by atoms with Crippen LogP contribution in [0.2, 0.25) is 0 Å². The topological polar surface area (TPSA) is 71.8 Å². The number of hydrogen-bond donors (Lipinski definition) is 1. The second-order valence-electron chi connectivity index (χ2n) is 7.53. The van der Waals surface area contributed by atoms with Crippen LogP contribution in [0.15, 0.2) is 28.7 Å². The van der Waals surface area contributed by atoms with E-state index in [4.69, 9.17) is 9.15 Å². The lowest BCUT2D eigenvalue weighted by Gasteiger charge is -2.30. The second kappa shape index (κ2) is 9.22. The number of hydrogen-bond acceptors (Lipinski definition) is 5. The zero-order valence-corrected chi connectivity index (χ0v) is 17.1. The fourth-order valence-electron chi connectivity index (χ4n) is 3.59. The Balaban J connectivity index is 1.46. The summed E-state index contributed by atoms with van der Waals surface area (Å²) in [6.07, 6.45) is 1.50. The van der Waals surface area contributed by atoms with Crippen molar-refractivity contribution in [3.05, 3.63) is 58.3 Å². The van der Waals surface area contributed by atoms with Gasteiger partial charge in [-0.25, -0.2) is 9.18 Å². The number of rotatable bonds is 6. The highest BCUT2D eigenvalue weighted by molar-refractivity contribution is 5.90. The number of carbonyl (C=O) groups is 2. The Hall–Kier alpha value is -2.67. The van der Waals surface area contributed by atoms with Crippen molar-refractivity contribution in [2.75, 3.05) is 20.2 Å². The number of carbonyl (C=O) groups excluding carboxylic acids is 2. The van der Waals surface area contributed by atoms with Gasteiger partial charge in [-0.05, 0) is 63.0 Å². The molecule has 0 spiro atoms. The predicted molar refractivity (Wildman–Crippen MR) is 106 cm³/mol. The van der Waals surface area contributed by atoms with Crippen LogP contribution in [-0.2, 0) is 22.6 Å². The molecule has 0 saturated carbocycles. The van der Waals surface area contributed by atoms with Crippen molar-refractivity contribution in [2.45, 2.75) is 39.8 Å². The molecule has 2 aromatic rings. The number of halogens is 1. The van der Waals surface area contributed by atoms with Crippen LogP contribution < -0.4 is 5.32 Å². The van der Waals surface area contributed by atoms with E-state index in [1.807, 2.05) is 6.07 Å². The quantitative estimate of drug-likeness (QED) is 0.751. The largest absolute Gasteiger partial charge is 0.465 e. The number of benzene rings is 1. The third kappa shape index (κ3) is 5.23. The Morgan fingerprint density at radius 1 is 1.24 bits per heavy atom. The summed E-state index contributed by atoms with van der Waals surface area (Å²) in [5, 5.41) is 2.92. The number of methoxy groups -OCH3 is 1. The van der Waals surface area contributed by atoms with Crippen molar-refractivity contribution in [1.29, 1.82) is 0 Å². The fraction of sp³-hybridized carbons (Fsp3) is 0.455. The van der Waals surface area contributed by atoms with E-state index in [0.717, 1.165) is 31.5 Å². The molecule has 156 valence electrons. The van der Waals surface area contributed by atoms with E-state index in [2.05, 4.69) is 10.2 Å². The number of amides is 1. The molecule has 0 aliphatic carbocycles. The SMILES string of the molecule is COC(=O)c1cc(CN2CCC(C(=O)NCc3ccc(C)c(F)c3)CC2)oc1C. The first kappa shape index (κ1) is 21.0. The summed E-state index contributed by atoms with van der Waals surface area (Å²) in [7, 11) is 1.35. The summed E-state index contributed by atoms with van der Waals surface area (Å²) < 4.78 is 24.0. The van der Waals surface area contributed by atoms with Crippen LogP contribution in [0.5, 0.6) is 0 Å². The molecular weight excluding hydrogens is 375 g/mol. The molecule has 0 atom stereocenters. The number of nitrogens with one attached hydrogen (secondary N) is 1. The minimum atomic E-state index is -0.402. The van der Waals surface area contributed by atoms with Crippen molar-refractivity contribution in [2.24, 2.45) is 5.92 Å². The number of aryl methyl sites for hydroxylation is 2. The molecule has 3 rings (SSSR count). The smallest absolute Gasteiger partial charge is 0.341 e. The number of esters is 1. The molecule has 1 fully saturated rings. The van der Waals surface area contributed by atoms with Crippen LogP contribution >= 0.6 is 0 Å². The molecule has 1 aromatic carbocycles. The van der Waals surface area contributed by atoms with Crippen LogP contribution in [0.25, 0.3) is 0 Å². The van der Waals surface area contributed by atoms with E-state index in [0.29, 0.717) is 35.7 Å². The van der Waals surface area contributed by atoms with Gasteiger partial charge in [0, 0.05) is 12.5 Å². The van der Waals surface area contributed by atoms with E-state index in [1.54, 1.807) is 26.0 Å². The number of piperidine rings is 1. The zero-order chi connectivity index (χ0) is 21.0. The summed E-state index contributed by atoms with van der Waals surface area (Å²) in [5.74, 6) is 0.564. The van der Waals surface area contributed by atoms with Crippen molar-refractivity contribution in [3.8, 4) is 0 Å². The zero-order valence-electron chi connectivity index (χ0n) is 17.1. The molecule has 1 saturated heterocycles. The maximum atomic E-state index is 13.6. The summed E-state index contributed by atoms with van der Waals surface area (Å²) in [5.41, 5.74) is 1.80. The molecule has 1 aliphatic rings. The van der Waals surface area contributed by atoms with E-state index in [9.17, 15) is 14.0 Å². The minimum absolute atomic E-state index is 0.00690. The predicted octanol–water partition coefficient (Wildman–Crippen LogP) is 3.35. The third-order valence-corrected chi connectivity index (χ3v) is 5.41. The highest BCUT2D eigenvalue weighted by Crippen LogP contribution is 2.22. The molecule has 1 aromatic heterocycles. The molecule has 1 N–H and O–H groups in total. The van der Waals surface area contributed by atoms with Crippen molar-refractivity contribution in [3.63, 3.8) is 0 Å². The van der Waals surface area contributed by atoms with Gasteiger partial charge in [0.1, 0.15) is 22.9 Å². The van der Waals surface area contributed by atoms with Crippen molar-refractivity contribution >= 4 is 11.9 Å². The van der Waals surface area contributed by atoms with Gasteiger partial charge in [0.25, 0.3) is 0 Å². The minimum Gasteiger partial charge on any atom is -0.465 e. The number of likely N-dealkylation sites (tertiary alicyclic amines) is 1. The molecule has 0 radical (unpaired) electrons. The molecule has 0 unspecified atom stereocenters. The Labute approximate surface area is 170 Å². The molecule has 6 nitrogen and oxygen atoms in total. The van der Waals surface area contributed by atoms with Gasteiger partial charge in [-0.2, -0.15) is 0 Å². The van der Waals surface area contributed by atoms with Crippen LogP contribution in [0.3, 0.4) is 0 Å². The maximum absolute atomic E-state index is 13.6. The Morgan fingerprint density at radius 3 is 2.62 bits per heavy atom. The molecule has 2 heterocycles. The first-order valence-corrected chi connectivity index (χ1v) is 9.80. The number of ether oxygens (including phenoxy) is 1. The molecular formula is C22H27FN2O4. The third-order valence-electron chi connectivity index (χ3n) is 5.41. The summed E-state index contributed by atoms with van der Waals surface area (Å²) in [6, 6.07) is 6.74. The van der Waals surface area contributed by atoms with Crippen molar-refractivity contribution in [1.82, 2.24) is 10.2 Å². The molecule has 0 bridgehead atoms. The van der Waals surface area contributed by atoms with E-state index >= 15 is 0 Å². The molecule has 7 heteroatoms. The normalized spacial score (nSPS) is 15.3. The van der Waals surface area contributed by atoms with Gasteiger partial charge >= 0.3 is 5.97 Å². The van der Waals surface area contributed by atoms with E-state index in [-0.39, 0.29) is 17.6 Å². The van der Waals surface area contributed by atoms with Gasteiger partial charge in [-0.1, -0.05) is 12.1 Å². The van der Waals surface area contributed by atoms with Gasteiger partial charge in [0.05, 0.1) is 13.7 Å². The van der Waals surface area contributed by atoms with Crippen LogP contribution in [0, 0.1) is 25.6 Å². The average molecular weight is 402 g/mol. The highest BCUT2D eigenvalue weighted by atomic mass is 19.1. The summed E-state index contributed by atoms with van der Waals surface area (Å²) in [6.45, 7) is 5.92. The lowest BCUT2D eigenvalue weighted by molar-refractivity contribution is -0.126. The first-order chi connectivity index (χ1) is 13.9. The Morgan fingerprint density at radius 2 is 1.97 bits per heavy atom. The van der Waals surface area contributed by atoms with Crippen LogP contribution in [0.4, 0.5) is 4.39 Å². The monoisotopic (exact) mass is 402 g/mol. The average Bonchev–Trinajstić information content (AvgIpc) is 3.08. The standard InChI is InChI=1S/C22H27FN2O4/c1-14-4-5-16(10-20(14)23)12-24-21(26)17-6-8-25(9-7-17)13-18-11-19(15(2)29-18)22(27)28-3/h4-5,10-11,17H,6-9,12-13H2,1-3H3,(H,24,26). The van der Waals surface area contributed by atoms with Gasteiger partial charge in [-0.3, -0.25) is 9.69 Å². The highest BCUT2D eigenvalue weighted by Gasteiger charge is 2.26. The second-order valence-corrected chi connectivity index (χ2v) is 7.53. The van der Waals surface area contributed by atoms with Crippen LogP contribution in [0.1, 0.15) is 45.8 Å². The van der Waals surface area contributed by atoms with Gasteiger partial charge < -0.3 is 14.5 Å². The van der Waals surface area contributed by atoms with Gasteiger partial charge in [0.2, 0.25) is 5.91 Å². The lowest BCUT2D eigenvalue weighted by Crippen LogP contribution is -2.40. The molecule has 29 heavy (non-hydrogen) atoms. The number of furan rings is 1.